The number of nitrogens with zero attached hydrogens (tertiary/aromatic N) is 2. The molecule has 2 N–H and O–H groups in total. The van der Waals surface area contributed by atoms with Gasteiger partial charge in [-0.1, -0.05) is 30.0 Å². The average Bonchev–Trinajstić information content (AvgIpc) is 2.55. The van der Waals surface area contributed by atoms with Crippen LogP contribution in [0.2, 0.25) is 0 Å². The highest BCUT2D eigenvalue weighted by molar-refractivity contribution is 7.98. The third-order valence-electron chi connectivity index (χ3n) is 3.04. The summed E-state index contributed by atoms with van der Waals surface area (Å²) >= 11 is 1.33. The fourth-order valence-corrected chi connectivity index (χ4v) is 2.28. The Morgan fingerprint density at radius 2 is 2.18 bits per heavy atom. The summed E-state index contributed by atoms with van der Waals surface area (Å²) in [7, 11) is 1.86. The summed E-state index contributed by atoms with van der Waals surface area (Å²) in [6, 6.07) is 7.89. The lowest BCUT2D eigenvalue weighted by atomic mass is 10.1. The molecule has 2 aromatic rings. The minimum absolute atomic E-state index is 0.0281. The lowest BCUT2D eigenvalue weighted by Crippen LogP contribution is -2.10. The van der Waals surface area contributed by atoms with E-state index in [2.05, 4.69) is 15.3 Å². The van der Waals surface area contributed by atoms with Gasteiger partial charge in [-0.25, -0.2) is 9.78 Å². The van der Waals surface area contributed by atoms with E-state index in [0.29, 0.717) is 18.2 Å². The van der Waals surface area contributed by atoms with Gasteiger partial charge in [-0.15, -0.1) is 0 Å². The molecule has 0 atom stereocenters. The Morgan fingerprint density at radius 3 is 2.86 bits per heavy atom. The van der Waals surface area contributed by atoms with Gasteiger partial charge in [0.2, 0.25) is 5.88 Å². The standard InChI is InChI=1S/C15H17N3O3S/c1-16-12-6-4-3-5-10(12)7-8-21-13-11(14(19)20)9-17-15(18-13)22-2/h3-6,9,16H,7-8H2,1-2H3,(H,19,20). The quantitative estimate of drug-likeness (QED) is 0.599. The van der Waals surface area contributed by atoms with E-state index >= 15 is 0 Å². The van der Waals surface area contributed by atoms with Gasteiger partial charge in [0.25, 0.3) is 0 Å². The highest BCUT2D eigenvalue weighted by Crippen LogP contribution is 2.20. The summed E-state index contributed by atoms with van der Waals surface area (Å²) in [5.74, 6) is -0.993. The first-order valence-electron chi connectivity index (χ1n) is 6.68. The van der Waals surface area contributed by atoms with Crippen LogP contribution in [0.15, 0.2) is 35.6 Å². The molecule has 2 rings (SSSR count). The zero-order valence-corrected chi connectivity index (χ0v) is 13.2. The van der Waals surface area contributed by atoms with Crippen molar-refractivity contribution < 1.29 is 14.6 Å². The van der Waals surface area contributed by atoms with E-state index in [1.54, 1.807) is 0 Å². The molecule has 0 fully saturated rings. The number of benzene rings is 1. The fraction of sp³-hybridized carbons (Fsp3) is 0.267. The van der Waals surface area contributed by atoms with Gasteiger partial charge in [-0.05, 0) is 17.9 Å². The first-order valence-corrected chi connectivity index (χ1v) is 7.91. The van der Waals surface area contributed by atoms with Crippen molar-refractivity contribution >= 4 is 23.4 Å². The number of para-hydroxylation sites is 1. The third-order valence-corrected chi connectivity index (χ3v) is 3.60. The number of aromatic carboxylic acids is 1. The Morgan fingerprint density at radius 1 is 1.41 bits per heavy atom. The van der Waals surface area contributed by atoms with Crippen LogP contribution in [0, 0.1) is 0 Å². The Hall–Kier alpha value is -2.28. The molecule has 0 radical (unpaired) electrons. The summed E-state index contributed by atoms with van der Waals surface area (Å²) in [5, 5.41) is 12.7. The number of aromatic nitrogens is 2. The van der Waals surface area contributed by atoms with Crippen molar-refractivity contribution in [2.24, 2.45) is 0 Å². The van der Waals surface area contributed by atoms with Crippen molar-refractivity contribution in [1.29, 1.82) is 0 Å². The fourth-order valence-electron chi connectivity index (χ4n) is 1.95. The predicted octanol–water partition coefficient (Wildman–Crippen LogP) is 2.56. The van der Waals surface area contributed by atoms with Gasteiger partial charge >= 0.3 is 5.97 Å². The molecule has 7 heteroatoms. The van der Waals surface area contributed by atoms with Gasteiger partial charge in [-0.2, -0.15) is 4.98 Å². The van der Waals surface area contributed by atoms with Gasteiger partial charge in [0.15, 0.2) is 5.16 Å². The van der Waals surface area contributed by atoms with E-state index < -0.39 is 5.97 Å². The number of hydrogen-bond donors (Lipinski definition) is 2. The Labute approximate surface area is 132 Å². The predicted molar refractivity (Wildman–Crippen MR) is 86.0 cm³/mol. The van der Waals surface area contributed by atoms with Crippen LogP contribution in [-0.4, -0.2) is 41.0 Å². The summed E-state index contributed by atoms with van der Waals surface area (Å²) in [4.78, 5) is 19.3. The number of nitrogens with one attached hydrogen (secondary N) is 1. The van der Waals surface area contributed by atoms with Crippen molar-refractivity contribution in [2.75, 3.05) is 25.2 Å². The van der Waals surface area contributed by atoms with Crippen molar-refractivity contribution in [3.8, 4) is 5.88 Å². The molecule has 116 valence electrons. The molecule has 0 aliphatic rings. The third kappa shape index (κ3) is 3.88. The minimum Gasteiger partial charge on any atom is -0.477 e. The lowest BCUT2D eigenvalue weighted by Gasteiger charge is -2.11. The summed E-state index contributed by atoms with van der Waals surface area (Å²) in [5.41, 5.74) is 2.10. The zero-order chi connectivity index (χ0) is 15.9. The average molecular weight is 319 g/mol. The number of carbonyl (C=O) groups is 1. The molecule has 6 nitrogen and oxygen atoms in total. The van der Waals surface area contributed by atoms with E-state index in [0.717, 1.165) is 11.3 Å². The van der Waals surface area contributed by atoms with E-state index in [9.17, 15) is 4.79 Å². The second kappa shape index (κ2) is 7.65. The van der Waals surface area contributed by atoms with Crippen LogP contribution in [0.4, 0.5) is 5.69 Å². The normalized spacial score (nSPS) is 10.3. The maximum absolute atomic E-state index is 11.2. The van der Waals surface area contributed by atoms with Crippen LogP contribution in [0.5, 0.6) is 5.88 Å². The number of anilines is 1. The van der Waals surface area contributed by atoms with E-state index in [-0.39, 0.29) is 11.4 Å². The molecular weight excluding hydrogens is 302 g/mol. The number of rotatable bonds is 7. The molecule has 0 saturated carbocycles. The number of ether oxygens (including phenoxy) is 1. The molecule has 0 aliphatic heterocycles. The van der Waals surface area contributed by atoms with Gasteiger partial charge in [0.05, 0.1) is 6.61 Å². The molecule has 0 aliphatic carbocycles. The van der Waals surface area contributed by atoms with E-state index in [1.165, 1.54) is 18.0 Å². The second-order valence-electron chi connectivity index (χ2n) is 4.39. The maximum atomic E-state index is 11.2. The zero-order valence-electron chi connectivity index (χ0n) is 12.4. The number of carboxylic acids is 1. The van der Waals surface area contributed by atoms with E-state index in [1.807, 2.05) is 37.6 Å². The number of carboxylic acid groups (broad SMARTS) is 1. The van der Waals surface area contributed by atoms with Crippen LogP contribution in [0.1, 0.15) is 15.9 Å². The van der Waals surface area contributed by atoms with Gasteiger partial charge in [0.1, 0.15) is 5.56 Å². The molecule has 0 amide bonds. The molecule has 0 bridgehead atoms. The molecular formula is C15H17N3O3S. The Bertz CT molecular complexity index is 664. The van der Waals surface area contributed by atoms with Crippen LogP contribution in [0.3, 0.4) is 0 Å². The molecule has 1 heterocycles. The second-order valence-corrected chi connectivity index (χ2v) is 5.16. The van der Waals surface area contributed by atoms with Crippen molar-refractivity contribution in [1.82, 2.24) is 9.97 Å². The SMILES string of the molecule is CNc1ccccc1CCOc1nc(SC)ncc1C(=O)O. The van der Waals surface area contributed by atoms with Crippen molar-refractivity contribution in [3.05, 3.63) is 41.6 Å². The van der Waals surface area contributed by atoms with E-state index in [4.69, 9.17) is 9.84 Å². The summed E-state index contributed by atoms with van der Waals surface area (Å²) in [6.45, 7) is 0.337. The number of thioether (sulfide) groups is 1. The molecule has 0 unspecified atom stereocenters. The lowest BCUT2D eigenvalue weighted by molar-refractivity contribution is 0.0690. The topological polar surface area (TPSA) is 84.3 Å². The van der Waals surface area contributed by atoms with Crippen LogP contribution in [-0.2, 0) is 6.42 Å². The van der Waals surface area contributed by atoms with Crippen LogP contribution in [0.25, 0.3) is 0 Å². The largest absolute Gasteiger partial charge is 0.477 e. The summed E-state index contributed by atoms with van der Waals surface area (Å²) in [6.07, 6.45) is 3.75. The highest BCUT2D eigenvalue weighted by Gasteiger charge is 2.15. The van der Waals surface area contributed by atoms with Gasteiger partial charge < -0.3 is 15.2 Å². The smallest absolute Gasteiger partial charge is 0.342 e. The Balaban J connectivity index is 2.09. The molecule has 22 heavy (non-hydrogen) atoms. The maximum Gasteiger partial charge on any atom is 0.342 e. The van der Waals surface area contributed by atoms with Gasteiger partial charge in [0, 0.05) is 25.4 Å². The van der Waals surface area contributed by atoms with Crippen LogP contribution >= 0.6 is 11.8 Å². The first kappa shape index (κ1) is 16.1. The minimum atomic E-state index is -1.10. The van der Waals surface area contributed by atoms with Gasteiger partial charge in [-0.3, -0.25) is 0 Å². The van der Waals surface area contributed by atoms with Crippen molar-refractivity contribution in [2.45, 2.75) is 11.6 Å². The Kier molecular flexibility index (Phi) is 5.60. The molecule has 0 spiro atoms. The molecule has 0 saturated heterocycles. The monoisotopic (exact) mass is 319 g/mol. The molecule has 1 aromatic heterocycles. The highest BCUT2D eigenvalue weighted by atomic mass is 32.2. The molecule has 1 aromatic carbocycles. The number of hydrogen-bond acceptors (Lipinski definition) is 6. The van der Waals surface area contributed by atoms with Crippen LogP contribution < -0.4 is 10.1 Å². The summed E-state index contributed by atoms with van der Waals surface area (Å²) < 4.78 is 5.57. The van der Waals surface area contributed by atoms with Crippen molar-refractivity contribution in [3.63, 3.8) is 0 Å². The first-order chi connectivity index (χ1) is 10.7.